The number of rotatable bonds is 8. The van der Waals surface area contributed by atoms with Gasteiger partial charge in [-0.25, -0.2) is 0 Å². The number of benzene rings is 4. The van der Waals surface area contributed by atoms with Crippen LogP contribution in [-0.4, -0.2) is 11.8 Å². The molecule has 1 unspecified atom stereocenters. The largest absolute Gasteiger partial charge is 0.488 e. The molecule has 0 saturated carbocycles. The van der Waals surface area contributed by atoms with Crippen molar-refractivity contribution in [3.8, 4) is 5.75 Å². The second-order valence-electron chi connectivity index (χ2n) is 8.02. The van der Waals surface area contributed by atoms with Crippen molar-refractivity contribution < 1.29 is 14.3 Å². The zero-order valence-corrected chi connectivity index (χ0v) is 20.0. The van der Waals surface area contributed by atoms with Crippen molar-refractivity contribution in [1.82, 2.24) is 5.32 Å². The van der Waals surface area contributed by atoms with Gasteiger partial charge in [0, 0.05) is 5.02 Å². The number of anilines is 1. The molecule has 0 aliphatic rings. The van der Waals surface area contributed by atoms with Gasteiger partial charge >= 0.3 is 0 Å². The summed E-state index contributed by atoms with van der Waals surface area (Å²) in [5.41, 5.74) is 3.09. The maximum atomic E-state index is 13.2. The summed E-state index contributed by atoms with van der Waals surface area (Å²) >= 11 is 5.94. The molecule has 4 aromatic rings. The van der Waals surface area contributed by atoms with Crippen LogP contribution in [0.3, 0.4) is 0 Å². The van der Waals surface area contributed by atoms with Gasteiger partial charge in [-0.15, -0.1) is 0 Å². The first-order valence-corrected chi connectivity index (χ1v) is 11.6. The van der Waals surface area contributed by atoms with E-state index in [1.807, 2.05) is 49.4 Å². The Hall–Kier alpha value is -4.09. The van der Waals surface area contributed by atoms with Crippen molar-refractivity contribution >= 4 is 29.1 Å². The van der Waals surface area contributed by atoms with E-state index in [9.17, 15) is 9.59 Å². The van der Waals surface area contributed by atoms with E-state index in [1.165, 1.54) is 0 Å². The second kappa shape index (κ2) is 11.4. The van der Waals surface area contributed by atoms with Gasteiger partial charge in [0.15, 0.2) is 0 Å². The minimum absolute atomic E-state index is 0.186. The van der Waals surface area contributed by atoms with Crippen LogP contribution in [-0.2, 0) is 6.61 Å². The van der Waals surface area contributed by atoms with E-state index >= 15 is 0 Å². The number of carbonyl (C=O) groups excluding carboxylic acids is 2. The molecule has 176 valence electrons. The summed E-state index contributed by atoms with van der Waals surface area (Å²) < 4.78 is 5.92. The highest BCUT2D eigenvalue weighted by atomic mass is 35.5. The van der Waals surface area contributed by atoms with E-state index in [1.54, 1.807) is 60.7 Å². The third kappa shape index (κ3) is 6.28. The highest BCUT2D eigenvalue weighted by Crippen LogP contribution is 2.23. The molecule has 0 radical (unpaired) electrons. The molecule has 0 saturated heterocycles. The lowest BCUT2D eigenvalue weighted by atomic mass is 10.1. The van der Waals surface area contributed by atoms with Gasteiger partial charge in [0.25, 0.3) is 11.8 Å². The third-order valence-corrected chi connectivity index (χ3v) is 5.76. The average molecular weight is 485 g/mol. The van der Waals surface area contributed by atoms with Crippen molar-refractivity contribution in [2.45, 2.75) is 19.6 Å². The van der Waals surface area contributed by atoms with E-state index < -0.39 is 0 Å². The molecular weight excluding hydrogens is 460 g/mol. The van der Waals surface area contributed by atoms with Gasteiger partial charge in [-0.2, -0.15) is 0 Å². The molecule has 35 heavy (non-hydrogen) atoms. The fourth-order valence-electron chi connectivity index (χ4n) is 3.60. The molecular formula is C29H25ClN2O3. The summed E-state index contributed by atoms with van der Waals surface area (Å²) in [5, 5.41) is 6.51. The van der Waals surface area contributed by atoms with Gasteiger partial charge in [0.1, 0.15) is 12.4 Å². The molecule has 0 aliphatic heterocycles. The van der Waals surface area contributed by atoms with E-state index in [4.69, 9.17) is 16.3 Å². The van der Waals surface area contributed by atoms with Crippen LogP contribution in [0.5, 0.6) is 5.75 Å². The quantitative estimate of drug-likeness (QED) is 0.294. The summed E-state index contributed by atoms with van der Waals surface area (Å²) in [6.45, 7) is 2.21. The molecule has 2 N–H and O–H groups in total. The Morgan fingerprint density at radius 2 is 1.40 bits per heavy atom. The number of nitrogens with one attached hydrogen (secondary N) is 2. The van der Waals surface area contributed by atoms with Crippen molar-refractivity contribution in [1.29, 1.82) is 0 Å². The van der Waals surface area contributed by atoms with Gasteiger partial charge in [0.05, 0.1) is 22.9 Å². The number of ether oxygens (including phenoxy) is 1. The zero-order valence-electron chi connectivity index (χ0n) is 19.2. The van der Waals surface area contributed by atoms with Crippen LogP contribution >= 0.6 is 11.6 Å². The molecule has 5 nitrogen and oxygen atoms in total. The first kappa shape index (κ1) is 24.0. The van der Waals surface area contributed by atoms with Gasteiger partial charge < -0.3 is 15.4 Å². The molecule has 0 spiro atoms. The zero-order chi connectivity index (χ0) is 24.6. The number of hydrogen-bond donors (Lipinski definition) is 2. The molecule has 0 bridgehead atoms. The van der Waals surface area contributed by atoms with Gasteiger partial charge in [-0.05, 0) is 54.4 Å². The number of para-hydroxylation sites is 2. The van der Waals surface area contributed by atoms with E-state index in [0.717, 1.165) is 11.1 Å². The summed E-state index contributed by atoms with van der Waals surface area (Å²) in [7, 11) is 0. The van der Waals surface area contributed by atoms with Crippen molar-refractivity contribution in [2.24, 2.45) is 0 Å². The summed E-state index contributed by atoms with van der Waals surface area (Å²) in [4.78, 5) is 26.2. The molecule has 0 heterocycles. The van der Waals surface area contributed by atoms with Crippen LogP contribution in [0.15, 0.2) is 103 Å². The number of hydrogen-bond acceptors (Lipinski definition) is 3. The Labute approximate surface area is 209 Å². The molecule has 4 aromatic carbocycles. The lowest BCUT2D eigenvalue weighted by Gasteiger charge is -2.17. The standard InChI is InChI=1S/C29H25ClN2O3/c1-20(22-9-3-2-4-10-22)31-28(33)24-11-5-7-13-26(24)32-29(34)25-12-6-8-14-27(25)35-19-21-15-17-23(30)18-16-21/h2-18,20H,19H2,1H3,(H,31,33)(H,32,34). The average Bonchev–Trinajstić information content (AvgIpc) is 2.89. The molecule has 0 fully saturated rings. The predicted octanol–water partition coefficient (Wildman–Crippen LogP) is 6.66. The highest BCUT2D eigenvalue weighted by molar-refractivity contribution is 6.30. The smallest absolute Gasteiger partial charge is 0.259 e. The number of halogens is 1. The third-order valence-electron chi connectivity index (χ3n) is 5.51. The lowest BCUT2D eigenvalue weighted by Crippen LogP contribution is -2.28. The number of carbonyl (C=O) groups is 2. The van der Waals surface area contributed by atoms with Crippen molar-refractivity contribution in [3.63, 3.8) is 0 Å². The maximum absolute atomic E-state index is 13.2. The Morgan fingerprint density at radius 3 is 2.14 bits per heavy atom. The van der Waals surface area contributed by atoms with Crippen LogP contribution in [0.25, 0.3) is 0 Å². The monoisotopic (exact) mass is 484 g/mol. The predicted molar refractivity (Wildman–Crippen MR) is 139 cm³/mol. The minimum Gasteiger partial charge on any atom is -0.488 e. The fourth-order valence-corrected chi connectivity index (χ4v) is 3.73. The van der Waals surface area contributed by atoms with Crippen LogP contribution in [0, 0.1) is 0 Å². The SMILES string of the molecule is CC(NC(=O)c1ccccc1NC(=O)c1ccccc1OCc1ccc(Cl)cc1)c1ccccc1. The Morgan fingerprint density at radius 1 is 0.771 bits per heavy atom. The minimum atomic E-state index is -0.368. The normalized spacial score (nSPS) is 11.4. The first-order chi connectivity index (χ1) is 17.0. The Balaban J connectivity index is 1.48. The lowest BCUT2D eigenvalue weighted by molar-refractivity contribution is 0.0940. The summed E-state index contributed by atoms with van der Waals surface area (Å²) in [6, 6.07) is 30.8. The van der Waals surface area contributed by atoms with E-state index in [0.29, 0.717) is 27.6 Å². The maximum Gasteiger partial charge on any atom is 0.259 e. The topological polar surface area (TPSA) is 67.4 Å². The molecule has 4 rings (SSSR count). The van der Waals surface area contributed by atoms with E-state index in [-0.39, 0.29) is 24.5 Å². The van der Waals surface area contributed by atoms with Gasteiger partial charge in [-0.3, -0.25) is 9.59 Å². The van der Waals surface area contributed by atoms with E-state index in [2.05, 4.69) is 10.6 Å². The van der Waals surface area contributed by atoms with Crippen LogP contribution < -0.4 is 15.4 Å². The van der Waals surface area contributed by atoms with Crippen LogP contribution in [0.1, 0.15) is 44.8 Å². The first-order valence-electron chi connectivity index (χ1n) is 11.2. The second-order valence-corrected chi connectivity index (χ2v) is 8.45. The van der Waals surface area contributed by atoms with Crippen molar-refractivity contribution in [2.75, 3.05) is 5.32 Å². The molecule has 0 aromatic heterocycles. The van der Waals surface area contributed by atoms with Crippen LogP contribution in [0.4, 0.5) is 5.69 Å². The number of amides is 2. The van der Waals surface area contributed by atoms with Gasteiger partial charge in [-0.1, -0.05) is 78.3 Å². The Kier molecular flexibility index (Phi) is 7.81. The Bertz CT molecular complexity index is 1310. The van der Waals surface area contributed by atoms with Crippen LogP contribution in [0.2, 0.25) is 5.02 Å². The van der Waals surface area contributed by atoms with Crippen molar-refractivity contribution in [3.05, 3.63) is 130 Å². The highest BCUT2D eigenvalue weighted by Gasteiger charge is 2.18. The fraction of sp³-hybridized carbons (Fsp3) is 0.103. The summed E-state index contributed by atoms with van der Waals surface area (Å²) in [6.07, 6.45) is 0. The van der Waals surface area contributed by atoms with Gasteiger partial charge in [0.2, 0.25) is 0 Å². The summed E-state index contributed by atoms with van der Waals surface area (Å²) in [5.74, 6) is -0.197. The molecule has 0 aliphatic carbocycles. The molecule has 1 atom stereocenters. The molecule has 6 heteroatoms. The molecule has 2 amide bonds.